The van der Waals surface area contributed by atoms with Gasteiger partial charge in [0.05, 0.1) is 6.61 Å². The van der Waals surface area contributed by atoms with Gasteiger partial charge < -0.3 is 5.11 Å². The number of rotatable bonds is 5. The Morgan fingerprint density at radius 2 is 2.00 bits per heavy atom. The molecule has 0 amide bonds. The standard InChI is InChI=1S/C15H23FN2O/c1-2-15(12-19)18-8-6-17(7-9-18)11-13-4-3-5-14(16)10-13/h3-5,10,15,19H,2,6-9,11-12H2,1H3. The fourth-order valence-corrected chi connectivity index (χ4v) is 2.68. The van der Waals surface area contributed by atoms with Gasteiger partial charge in [0.15, 0.2) is 0 Å². The summed E-state index contributed by atoms with van der Waals surface area (Å²) in [4.78, 5) is 4.69. The number of hydrogen-bond acceptors (Lipinski definition) is 3. The number of benzene rings is 1. The van der Waals surface area contributed by atoms with E-state index < -0.39 is 0 Å². The van der Waals surface area contributed by atoms with Crippen LogP contribution in [0.1, 0.15) is 18.9 Å². The Hall–Kier alpha value is -0.970. The average Bonchev–Trinajstić information content (AvgIpc) is 2.42. The van der Waals surface area contributed by atoms with Crippen molar-refractivity contribution >= 4 is 0 Å². The fourth-order valence-electron chi connectivity index (χ4n) is 2.68. The number of piperazine rings is 1. The first-order valence-corrected chi connectivity index (χ1v) is 7.04. The van der Waals surface area contributed by atoms with Gasteiger partial charge in [-0.1, -0.05) is 19.1 Å². The Kier molecular flexibility index (Phi) is 5.31. The van der Waals surface area contributed by atoms with Gasteiger partial charge in [-0.25, -0.2) is 4.39 Å². The highest BCUT2D eigenvalue weighted by Gasteiger charge is 2.22. The van der Waals surface area contributed by atoms with Gasteiger partial charge in [-0.2, -0.15) is 0 Å². The maximum atomic E-state index is 13.1. The van der Waals surface area contributed by atoms with E-state index in [1.54, 1.807) is 12.1 Å². The Labute approximate surface area is 114 Å². The van der Waals surface area contributed by atoms with E-state index in [-0.39, 0.29) is 18.5 Å². The lowest BCUT2D eigenvalue weighted by atomic mass is 10.1. The van der Waals surface area contributed by atoms with Crippen molar-refractivity contribution in [1.29, 1.82) is 0 Å². The molecule has 1 atom stereocenters. The molecule has 0 aliphatic carbocycles. The number of halogens is 1. The van der Waals surface area contributed by atoms with Crippen LogP contribution in [0.5, 0.6) is 0 Å². The van der Waals surface area contributed by atoms with Gasteiger partial charge in [0, 0.05) is 38.8 Å². The van der Waals surface area contributed by atoms with Crippen molar-refractivity contribution in [2.45, 2.75) is 25.9 Å². The molecular formula is C15H23FN2O. The summed E-state index contributed by atoms with van der Waals surface area (Å²) >= 11 is 0. The third kappa shape index (κ3) is 4.00. The first kappa shape index (κ1) is 14.4. The molecule has 1 aromatic carbocycles. The summed E-state index contributed by atoms with van der Waals surface area (Å²) < 4.78 is 13.1. The van der Waals surface area contributed by atoms with Crippen molar-refractivity contribution < 1.29 is 9.50 Å². The molecule has 2 rings (SSSR count). The molecular weight excluding hydrogens is 243 g/mol. The van der Waals surface area contributed by atoms with Crippen LogP contribution < -0.4 is 0 Å². The third-order valence-corrected chi connectivity index (χ3v) is 3.90. The van der Waals surface area contributed by atoms with Crippen LogP contribution in [-0.2, 0) is 6.54 Å². The molecule has 19 heavy (non-hydrogen) atoms. The van der Waals surface area contributed by atoms with Crippen LogP contribution in [0.4, 0.5) is 4.39 Å². The van der Waals surface area contributed by atoms with Gasteiger partial charge in [-0.3, -0.25) is 9.80 Å². The minimum atomic E-state index is -0.164. The zero-order chi connectivity index (χ0) is 13.7. The van der Waals surface area contributed by atoms with Crippen molar-refractivity contribution in [3.63, 3.8) is 0 Å². The summed E-state index contributed by atoms with van der Waals surface area (Å²) in [7, 11) is 0. The highest BCUT2D eigenvalue weighted by molar-refractivity contribution is 5.16. The lowest BCUT2D eigenvalue weighted by Gasteiger charge is -2.38. The zero-order valence-electron chi connectivity index (χ0n) is 11.6. The second-order valence-corrected chi connectivity index (χ2v) is 5.19. The molecule has 0 spiro atoms. The van der Waals surface area contributed by atoms with Gasteiger partial charge >= 0.3 is 0 Å². The summed E-state index contributed by atoms with van der Waals surface area (Å²) in [6.07, 6.45) is 0.987. The smallest absolute Gasteiger partial charge is 0.123 e. The first-order chi connectivity index (χ1) is 9.22. The lowest BCUT2D eigenvalue weighted by Crippen LogP contribution is -2.50. The van der Waals surface area contributed by atoms with Crippen LogP contribution in [0.25, 0.3) is 0 Å². The Balaban J connectivity index is 1.83. The van der Waals surface area contributed by atoms with E-state index in [0.29, 0.717) is 0 Å². The minimum absolute atomic E-state index is 0.164. The molecule has 0 radical (unpaired) electrons. The van der Waals surface area contributed by atoms with E-state index >= 15 is 0 Å². The molecule has 106 valence electrons. The molecule has 1 saturated heterocycles. The van der Waals surface area contributed by atoms with Crippen molar-refractivity contribution in [1.82, 2.24) is 9.80 Å². The predicted octanol–water partition coefficient (Wildman–Crippen LogP) is 1.71. The van der Waals surface area contributed by atoms with Crippen LogP contribution in [0.15, 0.2) is 24.3 Å². The minimum Gasteiger partial charge on any atom is -0.395 e. The Morgan fingerprint density at radius 1 is 1.26 bits per heavy atom. The van der Waals surface area contributed by atoms with Gasteiger partial charge in [0.25, 0.3) is 0 Å². The monoisotopic (exact) mass is 266 g/mol. The van der Waals surface area contributed by atoms with E-state index in [4.69, 9.17) is 0 Å². The quantitative estimate of drug-likeness (QED) is 0.879. The molecule has 1 heterocycles. The summed E-state index contributed by atoms with van der Waals surface area (Å²) in [5.41, 5.74) is 1.03. The number of aliphatic hydroxyl groups excluding tert-OH is 1. The van der Waals surface area contributed by atoms with Crippen LogP contribution in [0, 0.1) is 5.82 Å². The van der Waals surface area contributed by atoms with Crippen LogP contribution in [0.2, 0.25) is 0 Å². The predicted molar refractivity (Wildman–Crippen MR) is 74.4 cm³/mol. The van der Waals surface area contributed by atoms with Gasteiger partial charge in [0.2, 0.25) is 0 Å². The third-order valence-electron chi connectivity index (χ3n) is 3.90. The molecule has 4 heteroatoms. The van der Waals surface area contributed by atoms with Gasteiger partial charge in [0.1, 0.15) is 5.82 Å². The Morgan fingerprint density at radius 3 is 2.58 bits per heavy atom. The number of hydrogen-bond donors (Lipinski definition) is 1. The van der Waals surface area contributed by atoms with Crippen LogP contribution in [0.3, 0.4) is 0 Å². The first-order valence-electron chi connectivity index (χ1n) is 7.04. The molecule has 1 N–H and O–H groups in total. The summed E-state index contributed by atoms with van der Waals surface area (Å²) in [6, 6.07) is 7.11. The largest absolute Gasteiger partial charge is 0.395 e. The van der Waals surface area contributed by atoms with Crippen molar-refractivity contribution in [2.24, 2.45) is 0 Å². The molecule has 0 saturated carbocycles. The molecule has 0 bridgehead atoms. The van der Waals surface area contributed by atoms with Crippen molar-refractivity contribution in [3.05, 3.63) is 35.6 Å². The fraction of sp³-hybridized carbons (Fsp3) is 0.600. The molecule has 1 aliphatic heterocycles. The van der Waals surface area contributed by atoms with Crippen molar-refractivity contribution in [3.8, 4) is 0 Å². The number of aliphatic hydroxyl groups is 1. The number of nitrogens with zero attached hydrogens (tertiary/aromatic N) is 2. The summed E-state index contributed by atoms with van der Waals surface area (Å²) in [5.74, 6) is -0.164. The van der Waals surface area contributed by atoms with E-state index in [2.05, 4.69) is 16.7 Å². The SMILES string of the molecule is CCC(CO)N1CCN(Cc2cccc(F)c2)CC1. The van der Waals surface area contributed by atoms with Gasteiger partial charge in [-0.05, 0) is 24.1 Å². The van der Waals surface area contributed by atoms with E-state index in [1.165, 1.54) is 6.07 Å². The van der Waals surface area contributed by atoms with E-state index in [0.717, 1.165) is 44.7 Å². The lowest BCUT2D eigenvalue weighted by molar-refractivity contribution is 0.0608. The molecule has 1 fully saturated rings. The molecule has 1 unspecified atom stereocenters. The Bertz CT molecular complexity index is 387. The maximum Gasteiger partial charge on any atom is 0.123 e. The molecule has 3 nitrogen and oxygen atoms in total. The highest BCUT2D eigenvalue weighted by Crippen LogP contribution is 2.12. The molecule has 1 aromatic rings. The summed E-state index contributed by atoms with van der Waals surface area (Å²) in [6.45, 7) is 7.07. The second-order valence-electron chi connectivity index (χ2n) is 5.19. The topological polar surface area (TPSA) is 26.7 Å². The van der Waals surface area contributed by atoms with Crippen molar-refractivity contribution in [2.75, 3.05) is 32.8 Å². The van der Waals surface area contributed by atoms with Crippen LogP contribution >= 0.6 is 0 Å². The zero-order valence-corrected chi connectivity index (χ0v) is 11.6. The van der Waals surface area contributed by atoms with Crippen LogP contribution in [-0.4, -0.2) is 53.7 Å². The second kappa shape index (κ2) is 6.98. The molecule has 1 aliphatic rings. The van der Waals surface area contributed by atoms with Gasteiger partial charge in [-0.15, -0.1) is 0 Å². The summed E-state index contributed by atoms with van der Waals surface area (Å²) in [5, 5.41) is 9.31. The average molecular weight is 266 g/mol. The molecule has 0 aromatic heterocycles. The maximum absolute atomic E-state index is 13.1. The van der Waals surface area contributed by atoms with E-state index in [1.807, 2.05) is 6.07 Å². The normalized spacial score (nSPS) is 19.5. The van der Waals surface area contributed by atoms with E-state index in [9.17, 15) is 9.50 Å². The highest BCUT2D eigenvalue weighted by atomic mass is 19.1.